The first-order chi connectivity index (χ1) is 11.6. The molecule has 132 valence electrons. The summed E-state index contributed by atoms with van der Waals surface area (Å²) in [6, 6.07) is 3.99. The zero-order valence-electron chi connectivity index (χ0n) is 14.4. The molecule has 1 aromatic heterocycles. The molecule has 2 fully saturated rings. The van der Waals surface area contributed by atoms with Gasteiger partial charge in [0, 0.05) is 12.5 Å². The van der Waals surface area contributed by atoms with Crippen LogP contribution in [0.4, 0.5) is 0 Å². The van der Waals surface area contributed by atoms with Crippen molar-refractivity contribution in [2.24, 2.45) is 11.8 Å². The maximum Gasteiger partial charge on any atom is 0.306 e. The monoisotopic (exact) mass is 333 g/mol. The fraction of sp³-hybridized carbons (Fsp3) is 0.684. The van der Waals surface area contributed by atoms with Crippen molar-refractivity contribution in [3.63, 3.8) is 0 Å². The number of aryl methyl sites for hydroxylation is 1. The minimum absolute atomic E-state index is 0.0303. The molecule has 0 radical (unpaired) electrons. The molecular formula is C19H27NO4. The lowest BCUT2D eigenvalue weighted by molar-refractivity contribution is -0.146. The number of hydrogen-bond donors (Lipinski definition) is 1. The van der Waals surface area contributed by atoms with Crippen molar-refractivity contribution in [1.82, 2.24) is 4.90 Å². The summed E-state index contributed by atoms with van der Waals surface area (Å²) < 4.78 is 5.82. The second-order valence-corrected chi connectivity index (χ2v) is 7.23. The molecule has 1 N–H and O–H groups in total. The Balaban J connectivity index is 1.72. The van der Waals surface area contributed by atoms with Crippen LogP contribution in [-0.2, 0) is 9.59 Å². The third kappa shape index (κ3) is 3.65. The highest BCUT2D eigenvalue weighted by Crippen LogP contribution is 2.36. The van der Waals surface area contributed by atoms with Gasteiger partial charge in [-0.05, 0) is 57.6 Å². The first-order valence-electron chi connectivity index (χ1n) is 9.16. The number of rotatable bonds is 3. The average Bonchev–Trinajstić information content (AvgIpc) is 2.86. The maximum absolute atomic E-state index is 13.1. The van der Waals surface area contributed by atoms with E-state index in [9.17, 15) is 9.59 Å². The zero-order valence-corrected chi connectivity index (χ0v) is 14.4. The van der Waals surface area contributed by atoms with E-state index in [1.165, 1.54) is 0 Å². The third-order valence-electron chi connectivity index (χ3n) is 5.55. The Kier molecular flexibility index (Phi) is 5.27. The largest absolute Gasteiger partial charge is 0.481 e. The summed E-state index contributed by atoms with van der Waals surface area (Å²) in [6.07, 6.45) is 6.85. The number of aliphatic carboxylic acids is 1. The molecule has 0 bridgehead atoms. The molecule has 1 saturated heterocycles. The number of carboxylic acid groups (broad SMARTS) is 1. The van der Waals surface area contributed by atoms with Gasteiger partial charge in [-0.2, -0.15) is 0 Å². The lowest BCUT2D eigenvalue weighted by Gasteiger charge is -2.34. The van der Waals surface area contributed by atoms with E-state index < -0.39 is 5.97 Å². The number of nitrogens with zero attached hydrogens (tertiary/aromatic N) is 1. The minimum Gasteiger partial charge on any atom is -0.481 e. The molecule has 3 rings (SSSR count). The Morgan fingerprint density at radius 2 is 1.75 bits per heavy atom. The maximum atomic E-state index is 13.1. The molecule has 2 heterocycles. The van der Waals surface area contributed by atoms with E-state index in [0.29, 0.717) is 25.7 Å². The lowest BCUT2D eigenvalue weighted by Crippen LogP contribution is -2.40. The highest BCUT2D eigenvalue weighted by Gasteiger charge is 2.36. The van der Waals surface area contributed by atoms with Crippen LogP contribution in [0.1, 0.15) is 68.9 Å². The molecule has 1 aliphatic carbocycles. The van der Waals surface area contributed by atoms with Gasteiger partial charge in [0.1, 0.15) is 11.5 Å². The highest BCUT2D eigenvalue weighted by atomic mass is 16.4. The van der Waals surface area contributed by atoms with Crippen molar-refractivity contribution < 1.29 is 19.1 Å². The summed E-state index contributed by atoms with van der Waals surface area (Å²) in [7, 11) is 0. The van der Waals surface area contributed by atoms with Crippen LogP contribution in [0.15, 0.2) is 16.5 Å². The number of likely N-dealkylation sites (tertiary alicyclic amines) is 1. The van der Waals surface area contributed by atoms with Crippen LogP contribution >= 0.6 is 0 Å². The summed E-state index contributed by atoms with van der Waals surface area (Å²) in [5.74, 6) is 0.934. The van der Waals surface area contributed by atoms with Crippen molar-refractivity contribution in [1.29, 1.82) is 0 Å². The Morgan fingerprint density at radius 1 is 1.04 bits per heavy atom. The normalized spacial score (nSPS) is 28.4. The molecule has 1 aromatic rings. The molecular weight excluding hydrogens is 306 g/mol. The number of furan rings is 1. The second-order valence-electron chi connectivity index (χ2n) is 7.23. The predicted molar refractivity (Wildman–Crippen MR) is 89.5 cm³/mol. The Hall–Kier alpha value is -1.78. The Bertz CT molecular complexity index is 586. The number of carbonyl (C=O) groups excluding carboxylic acids is 1. The Morgan fingerprint density at radius 3 is 2.38 bits per heavy atom. The summed E-state index contributed by atoms with van der Waals surface area (Å²) in [4.78, 5) is 26.2. The topological polar surface area (TPSA) is 70.8 Å². The van der Waals surface area contributed by atoms with Gasteiger partial charge >= 0.3 is 5.97 Å². The van der Waals surface area contributed by atoms with Gasteiger partial charge in [0.25, 0.3) is 0 Å². The van der Waals surface area contributed by atoms with Crippen LogP contribution in [0, 0.1) is 18.8 Å². The van der Waals surface area contributed by atoms with Crippen molar-refractivity contribution in [3.8, 4) is 0 Å². The van der Waals surface area contributed by atoms with E-state index in [-0.39, 0.29) is 23.8 Å². The molecule has 24 heavy (non-hydrogen) atoms. The number of amides is 1. The van der Waals surface area contributed by atoms with E-state index in [2.05, 4.69) is 0 Å². The van der Waals surface area contributed by atoms with Crippen LogP contribution in [0.2, 0.25) is 0 Å². The molecule has 1 saturated carbocycles. The number of carbonyl (C=O) groups is 2. The zero-order chi connectivity index (χ0) is 17.1. The Labute approximate surface area is 143 Å². The second kappa shape index (κ2) is 7.41. The van der Waals surface area contributed by atoms with Crippen molar-refractivity contribution in [2.75, 3.05) is 6.54 Å². The quantitative estimate of drug-likeness (QED) is 0.910. The van der Waals surface area contributed by atoms with Gasteiger partial charge in [0.2, 0.25) is 5.91 Å². The standard InChI is InChI=1S/C19H27NO4/c1-13-6-11-17(24-13)16-5-3-2-4-12-20(16)18(21)14-7-9-15(10-8-14)19(22)23/h6,11,14-16H,2-5,7-10,12H2,1H3,(H,22,23). The summed E-state index contributed by atoms with van der Waals surface area (Å²) >= 11 is 0. The van der Waals surface area contributed by atoms with E-state index in [1.54, 1.807) is 0 Å². The van der Waals surface area contributed by atoms with Gasteiger partial charge in [-0.3, -0.25) is 9.59 Å². The molecule has 0 spiro atoms. The van der Waals surface area contributed by atoms with Crippen LogP contribution in [0.5, 0.6) is 0 Å². The molecule has 2 aliphatic rings. The van der Waals surface area contributed by atoms with Crippen molar-refractivity contribution in [3.05, 3.63) is 23.7 Å². The minimum atomic E-state index is -0.723. The van der Waals surface area contributed by atoms with Crippen LogP contribution < -0.4 is 0 Å². The number of hydrogen-bond acceptors (Lipinski definition) is 3. The molecule has 5 heteroatoms. The van der Waals surface area contributed by atoms with Gasteiger partial charge in [-0.25, -0.2) is 0 Å². The predicted octanol–water partition coefficient (Wildman–Crippen LogP) is 3.92. The molecule has 1 unspecified atom stereocenters. The van der Waals surface area contributed by atoms with Gasteiger partial charge < -0.3 is 14.4 Å². The summed E-state index contributed by atoms with van der Waals surface area (Å²) in [6.45, 7) is 2.71. The molecule has 1 aliphatic heterocycles. The van der Waals surface area contributed by atoms with Gasteiger partial charge in [0.05, 0.1) is 12.0 Å². The summed E-state index contributed by atoms with van der Waals surface area (Å²) in [5, 5.41) is 9.13. The van der Waals surface area contributed by atoms with Crippen molar-refractivity contribution in [2.45, 2.75) is 64.3 Å². The number of carboxylic acids is 1. The smallest absolute Gasteiger partial charge is 0.306 e. The third-order valence-corrected chi connectivity index (χ3v) is 5.55. The molecule has 0 aromatic carbocycles. The summed E-state index contributed by atoms with van der Waals surface area (Å²) in [5.41, 5.74) is 0. The van der Waals surface area contributed by atoms with E-state index in [1.807, 2.05) is 24.0 Å². The van der Waals surface area contributed by atoms with E-state index in [4.69, 9.17) is 9.52 Å². The van der Waals surface area contributed by atoms with Crippen LogP contribution in [0.25, 0.3) is 0 Å². The SMILES string of the molecule is Cc1ccc(C2CCCCCN2C(=O)C2CCC(C(=O)O)CC2)o1. The highest BCUT2D eigenvalue weighted by molar-refractivity contribution is 5.80. The van der Waals surface area contributed by atoms with E-state index in [0.717, 1.165) is 43.7 Å². The van der Waals surface area contributed by atoms with Crippen LogP contribution in [0.3, 0.4) is 0 Å². The van der Waals surface area contributed by atoms with E-state index >= 15 is 0 Å². The first kappa shape index (κ1) is 17.1. The van der Waals surface area contributed by atoms with Gasteiger partial charge in [0.15, 0.2) is 0 Å². The van der Waals surface area contributed by atoms with Crippen molar-refractivity contribution >= 4 is 11.9 Å². The molecule has 1 atom stereocenters. The first-order valence-corrected chi connectivity index (χ1v) is 9.16. The fourth-order valence-electron chi connectivity index (χ4n) is 4.12. The average molecular weight is 333 g/mol. The lowest BCUT2D eigenvalue weighted by atomic mass is 9.81. The fourth-order valence-corrected chi connectivity index (χ4v) is 4.12. The van der Waals surface area contributed by atoms with Gasteiger partial charge in [-0.1, -0.05) is 12.8 Å². The molecule has 5 nitrogen and oxygen atoms in total. The van der Waals surface area contributed by atoms with Gasteiger partial charge in [-0.15, -0.1) is 0 Å². The molecule has 1 amide bonds. The van der Waals surface area contributed by atoms with Crippen LogP contribution in [-0.4, -0.2) is 28.4 Å².